The van der Waals surface area contributed by atoms with Crippen LogP contribution in [-0.2, 0) is 13.0 Å². The van der Waals surface area contributed by atoms with Gasteiger partial charge in [0.25, 0.3) is 5.56 Å². The van der Waals surface area contributed by atoms with Crippen LogP contribution in [0.5, 0.6) is 0 Å². The summed E-state index contributed by atoms with van der Waals surface area (Å²) < 4.78 is 1.69. The van der Waals surface area contributed by atoms with E-state index in [0.717, 1.165) is 30.6 Å². The minimum absolute atomic E-state index is 0.150. The second-order valence-electron chi connectivity index (χ2n) is 3.03. The van der Waals surface area contributed by atoms with Gasteiger partial charge in [-0.05, 0) is 19.8 Å². The van der Waals surface area contributed by atoms with Gasteiger partial charge in [0.05, 0.1) is 0 Å². The Bertz CT molecular complexity index is 309. The first-order chi connectivity index (χ1) is 5.70. The van der Waals surface area contributed by atoms with E-state index in [4.69, 9.17) is 0 Å². The lowest BCUT2D eigenvalue weighted by atomic mass is 10.2. The highest BCUT2D eigenvalue weighted by molar-refractivity contribution is 5.15. The Morgan fingerprint density at radius 1 is 1.42 bits per heavy atom. The van der Waals surface area contributed by atoms with Crippen LogP contribution in [0, 0.1) is 6.92 Å². The van der Waals surface area contributed by atoms with E-state index in [1.807, 2.05) is 13.8 Å². The van der Waals surface area contributed by atoms with E-state index in [1.165, 1.54) is 0 Å². The highest BCUT2D eigenvalue weighted by atomic mass is 16.1. The summed E-state index contributed by atoms with van der Waals surface area (Å²) in [5, 5.41) is 3.07. The van der Waals surface area contributed by atoms with Crippen molar-refractivity contribution in [2.45, 2.75) is 40.2 Å². The lowest BCUT2D eigenvalue weighted by molar-refractivity contribution is 0.580. The topological polar surface area (TPSA) is 37.8 Å². The lowest BCUT2D eigenvalue weighted by Gasteiger charge is -1.95. The van der Waals surface area contributed by atoms with Crippen LogP contribution >= 0.6 is 0 Å². The number of hydrogen-bond acceptors (Lipinski definition) is 1. The number of rotatable bonds is 3. The molecule has 68 valence electrons. The maximum atomic E-state index is 11.5. The van der Waals surface area contributed by atoms with Crippen molar-refractivity contribution in [1.82, 2.24) is 9.78 Å². The van der Waals surface area contributed by atoms with Crippen molar-refractivity contribution in [3.8, 4) is 0 Å². The third kappa shape index (κ3) is 1.44. The Hall–Kier alpha value is -0.990. The van der Waals surface area contributed by atoms with Gasteiger partial charge in [-0.1, -0.05) is 13.8 Å². The molecular formula is C9H16N2O. The molecule has 12 heavy (non-hydrogen) atoms. The van der Waals surface area contributed by atoms with Crippen LogP contribution in [0.3, 0.4) is 0 Å². The summed E-state index contributed by atoms with van der Waals surface area (Å²) in [7, 11) is 0. The molecule has 0 aliphatic rings. The maximum Gasteiger partial charge on any atom is 0.269 e. The zero-order chi connectivity index (χ0) is 9.14. The van der Waals surface area contributed by atoms with Crippen molar-refractivity contribution in [1.29, 1.82) is 0 Å². The van der Waals surface area contributed by atoms with Crippen LogP contribution in [0.4, 0.5) is 0 Å². The summed E-state index contributed by atoms with van der Waals surface area (Å²) >= 11 is 0. The van der Waals surface area contributed by atoms with Crippen molar-refractivity contribution < 1.29 is 0 Å². The number of nitrogens with one attached hydrogen (secondary N) is 1. The fourth-order valence-corrected chi connectivity index (χ4v) is 1.44. The van der Waals surface area contributed by atoms with E-state index in [2.05, 4.69) is 12.0 Å². The Morgan fingerprint density at radius 2 is 2.08 bits per heavy atom. The van der Waals surface area contributed by atoms with Gasteiger partial charge in [0.15, 0.2) is 0 Å². The minimum atomic E-state index is 0.150. The molecule has 1 N–H and O–H groups in total. The smallest absolute Gasteiger partial charge is 0.269 e. The van der Waals surface area contributed by atoms with Crippen LogP contribution in [-0.4, -0.2) is 9.78 Å². The van der Waals surface area contributed by atoms with Crippen molar-refractivity contribution in [3.05, 3.63) is 21.6 Å². The number of aromatic nitrogens is 2. The quantitative estimate of drug-likeness (QED) is 0.729. The van der Waals surface area contributed by atoms with Crippen molar-refractivity contribution in [3.63, 3.8) is 0 Å². The van der Waals surface area contributed by atoms with Gasteiger partial charge in [-0.3, -0.25) is 14.6 Å². The number of aryl methyl sites for hydroxylation is 2. The first-order valence-corrected chi connectivity index (χ1v) is 4.49. The highest BCUT2D eigenvalue weighted by Gasteiger charge is 2.07. The summed E-state index contributed by atoms with van der Waals surface area (Å²) in [5.74, 6) is 0. The molecule has 0 fully saturated rings. The molecule has 0 aliphatic carbocycles. The molecule has 1 heterocycles. The van der Waals surface area contributed by atoms with E-state index >= 15 is 0 Å². The fraction of sp³-hybridized carbons (Fsp3) is 0.667. The van der Waals surface area contributed by atoms with Crippen LogP contribution in [0.1, 0.15) is 31.5 Å². The van der Waals surface area contributed by atoms with Gasteiger partial charge in [-0.25, -0.2) is 0 Å². The zero-order valence-corrected chi connectivity index (χ0v) is 7.98. The molecule has 3 nitrogen and oxygen atoms in total. The second kappa shape index (κ2) is 3.61. The molecule has 0 atom stereocenters. The number of hydrogen-bond donors (Lipinski definition) is 1. The standard InChI is InChI=1S/C9H16N2O/c1-4-6-11-9(12)8(5-2)7(3)10-11/h10H,4-6H2,1-3H3. The number of aromatic amines is 1. The van der Waals surface area contributed by atoms with Gasteiger partial charge in [-0.2, -0.15) is 0 Å². The molecule has 1 rings (SSSR count). The van der Waals surface area contributed by atoms with Gasteiger partial charge in [-0.15, -0.1) is 0 Å². The van der Waals surface area contributed by atoms with E-state index in [1.54, 1.807) is 4.68 Å². The summed E-state index contributed by atoms with van der Waals surface area (Å²) in [5.41, 5.74) is 2.08. The lowest BCUT2D eigenvalue weighted by Crippen LogP contribution is -2.18. The van der Waals surface area contributed by atoms with Crippen molar-refractivity contribution in [2.24, 2.45) is 0 Å². The number of nitrogens with zero attached hydrogens (tertiary/aromatic N) is 1. The summed E-state index contributed by atoms with van der Waals surface area (Å²) in [6.45, 7) is 6.81. The molecule has 0 aromatic carbocycles. The van der Waals surface area contributed by atoms with Gasteiger partial charge in [0.2, 0.25) is 0 Å². The molecule has 1 aromatic rings. The average Bonchev–Trinajstić information content (AvgIpc) is 2.29. The monoisotopic (exact) mass is 168 g/mol. The largest absolute Gasteiger partial charge is 0.300 e. The minimum Gasteiger partial charge on any atom is -0.300 e. The summed E-state index contributed by atoms with van der Waals surface area (Å²) in [6.07, 6.45) is 1.81. The Morgan fingerprint density at radius 3 is 2.50 bits per heavy atom. The highest BCUT2D eigenvalue weighted by Crippen LogP contribution is 1.99. The molecule has 0 aliphatic heterocycles. The maximum absolute atomic E-state index is 11.5. The van der Waals surface area contributed by atoms with Crippen LogP contribution in [0.2, 0.25) is 0 Å². The van der Waals surface area contributed by atoms with Crippen LogP contribution in [0.25, 0.3) is 0 Å². The van der Waals surface area contributed by atoms with Gasteiger partial charge < -0.3 is 0 Å². The molecule has 0 bridgehead atoms. The van der Waals surface area contributed by atoms with Crippen LogP contribution in [0.15, 0.2) is 4.79 Å². The van der Waals surface area contributed by atoms with Gasteiger partial charge >= 0.3 is 0 Å². The molecule has 0 unspecified atom stereocenters. The fourth-order valence-electron chi connectivity index (χ4n) is 1.44. The zero-order valence-electron chi connectivity index (χ0n) is 7.98. The van der Waals surface area contributed by atoms with E-state index < -0.39 is 0 Å². The van der Waals surface area contributed by atoms with E-state index in [9.17, 15) is 4.79 Å². The molecule has 0 amide bonds. The second-order valence-corrected chi connectivity index (χ2v) is 3.03. The molecule has 3 heteroatoms. The van der Waals surface area contributed by atoms with Gasteiger partial charge in [0.1, 0.15) is 0 Å². The Labute approximate surface area is 72.4 Å². The summed E-state index contributed by atoms with van der Waals surface area (Å²) in [4.78, 5) is 11.5. The average molecular weight is 168 g/mol. The molecule has 0 radical (unpaired) electrons. The molecule has 0 saturated heterocycles. The Kier molecular flexibility index (Phi) is 2.74. The summed E-state index contributed by atoms with van der Waals surface area (Å²) in [6, 6.07) is 0. The molecular weight excluding hydrogens is 152 g/mol. The van der Waals surface area contributed by atoms with E-state index in [0.29, 0.717) is 0 Å². The Balaban J connectivity index is 3.09. The first kappa shape index (κ1) is 9.10. The predicted molar refractivity (Wildman–Crippen MR) is 49.5 cm³/mol. The normalized spacial score (nSPS) is 10.6. The first-order valence-electron chi connectivity index (χ1n) is 4.49. The molecule has 1 aromatic heterocycles. The molecule has 0 saturated carbocycles. The third-order valence-electron chi connectivity index (χ3n) is 2.06. The SMILES string of the molecule is CCCn1[nH]c(C)c(CC)c1=O. The van der Waals surface area contributed by atoms with Gasteiger partial charge in [0, 0.05) is 17.8 Å². The third-order valence-corrected chi connectivity index (χ3v) is 2.06. The van der Waals surface area contributed by atoms with E-state index in [-0.39, 0.29) is 5.56 Å². The van der Waals surface area contributed by atoms with Crippen molar-refractivity contribution >= 4 is 0 Å². The number of H-pyrrole nitrogens is 1. The predicted octanol–water partition coefficient (Wildman–Crippen LogP) is 1.46. The van der Waals surface area contributed by atoms with Crippen molar-refractivity contribution in [2.75, 3.05) is 0 Å². The van der Waals surface area contributed by atoms with Crippen LogP contribution < -0.4 is 5.56 Å². The molecule has 0 spiro atoms.